The molecule has 7 heteroatoms. The Kier molecular flexibility index (Phi) is 3.40. The maximum atomic E-state index is 14.3. The van der Waals surface area contributed by atoms with Crippen molar-refractivity contribution < 1.29 is 14.0 Å². The number of hydrogen-bond acceptors (Lipinski definition) is 3. The second-order valence-electron chi connectivity index (χ2n) is 5.27. The third kappa shape index (κ3) is 2.34. The van der Waals surface area contributed by atoms with E-state index in [1.54, 1.807) is 31.5 Å². The summed E-state index contributed by atoms with van der Waals surface area (Å²) >= 11 is 0. The molecule has 22 heavy (non-hydrogen) atoms. The van der Waals surface area contributed by atoms with Crippen LogP contribution in [0.1, 0.15) is 24.1 Å². The van der Waals surface area contributed by atoms with Crippen molar-refractivity contribution in [2.24, 2.45) is 0 Å². The summed E-state index contributed by atoms with van der Waals surface area (Å²) < 4.78 is 15.8. The number of aromatic nitrogens is 2. The predicted octanol–water partition coefficient (Wildman–Crippen LogP) is 1.93. The number of rotatable bonds is 3. The van der Waals surface area contributed by atoms with Crippen LogP contribution in [0.4, 0.5) is 9.18 Å². The molecule has 114 valence electrons. The van der Waals surface area contributed by atoms with Crippen LogP contribution in [0.25, 0.3) is 5.69 Å². The number of carbonyl (C=O) groups excluding carboxylic acids is 2. The fourth-order valence-electron chi connectivity index (χ4n) is 2.49. The molecule has 2 aromatic rings. The van der Waals surface area contributed by atoms with Gasteiger partial charge in [0.2, 0.25) is 0 Å². The maximum absolute atomic E-state index is 14.3. The quantitative estimate of drug-likeness (QED) is 0.881. The van der Waals surface area contributed by atoms with Gasteiger partial charge < -0.3 is 5.32 Å². The van der Waals surface area contributed by atoms with Crippen LogP contribution >= 0.6 is 0 Å². The molecule has 1 aliphatic heterocycles. The van der Waals surface area contributed by atoms with Gasteiger partial charge in [-0.05, 0) is 37.1 Å². The Morgan fingerprint density at radius 3 is 2.68 bits per heavy atom. The highest BCUT2D eigenvalue weighted by molar-refractivity contribution is 6.02. The SMILES string of the molecule is Cc1cnn(-c2ccc(C(C)N3C(=O)CNC3=O)cc2F)c1. The van der Waals surface area contributed by atoms with Gasteiger partial charge in [0.1, 0.15) is 11.5 Å². The summed E-state index contributed by atoms with van der Waals surface area (Å²) in [6.45, 7) is 3.54. The molecular formula is C15H15FN4O2. The number of urea groups is 1. The minimum Gasteiger partial charge on any atom is -0.329 e. The van der Waals surface area contributed by atoms with E-state index in [4.69, 9.17) is 0 Å². The summed E-state index contributed by atoms with van der Waals surface area (Å²) in [5.74, 6) is -0.774. The van der Waals surface area contributed by atoms with E-state index in [0.29, 0.717) is 11.3 Å². The van der Waals surface area contributed by atoms with Crippen LogP contribution in [0.5, 0.6) is 0 Å². The molecule has 0 bridgehead atoms. The number of nitrogens with one attached hydrogen (secondary N) is 1. The number of imide groups is 1. The van der Waals surface area contributed by atoms with Gasteiger partial charge in [-0.1, -0.05) is 6.07 Å². The van der Waals surface area contributed by atoms with Gasteiger partial charge in [-0.25, -0.2) is 13.9 Å². The lowest BCUT2D eigenvalue weighted by Crippen LogP contribution is -2.33. The Morgan fingerprint density at radius 1 is 1.36 bits per heavy atom. The van der Waals surface area contributed by atoms with E-state index >= 15 is 0 Å². The Morgan fingerprint density at radius 2 is 2.14 bits per heavy atom. The lowest BCUT2D eigenvalue weighted by atomic mass is 10.1. The first-order chi connectivity index (χ1) is 10.5. The lowest BCUT2D eigenvalue weighted by molar-refractivity contribution is -0.126. The van der Waals surface area contributed by atoms with Crippen LogP contribution in [-0.4, -0.2) is 33.2 Å². The Labute approximate surface area is 126 Å². The van der Waals surface area contributed by atoms with Crippen molar-refractivity contribution in [2.45, 2.75) is 19.9 Å². The molecule has 0 aliphatic carbocycles. The molecule has 2 heterocycles. The van der Waals surface area contributed by atoms with Gasteiger partial charge in [0.25, 0.3) is 5.91 Å². The van der Waals surface area contributed by atoms with Crippen LogP contribution < -0.4 is 5.32 Å². The second-order valence-corrected chi connectivity index (χ2v) is 5.27. The van der Waals surface area contributed by atoms with E-state index in [9.17, 15) is 14.0 Å². The highest BCUT2D eigenvalue weighted by Crippen LogP contribution is 2.25. The smallest absolute Gasteiger partial charge is 0.325 e. The van der Waals surface area contributed by atoms with Crippen molar-refractivity contribution in [2.75, 3.05) is 6.54 Å². The normalized spacial score (nSPS) is 16.0. The Balaban J connectivity index is 1.91. The standard InChI is InChI=1S/C15H15FN4O2/c1-9-6-18-19(8-9)13-4-3-11(5-12(13)16)10(2)20-14(21)7-17-15(20)22/h3-6,8,10H,7H2,1-2H3,(H,17,22). The van der Waals surface area contributed by atoms with Crippen molar-refractivity contribution in [3.05, 3.63) is 47.5 Å². The molecule has 3 rings (SSSR count). The molecule has 1 aromatic carbocycles. The van der Waals surface area contributed by atoms with E-state index in [2.05, 4.69) is 10.4 Å². The van der Waals surface area contributed by atoms with E-state index in [0.717, 1.165) is 10.5 Å². The topological polar surface area (TPSA) is 67.2 Å². The predicted molar refractivity (Wildman–Crippen MR) is 76.9 cm³/mol. The van der Waals surface area contributed by atoms with Crippen molar-refractivity contribution in [1.29, 1.82) is 0 Å². The minimum absolute atomic E-state index is 0.0176. The van der Waals surface area contributed by atoms with Gasteiger partial charge >= 0.3 is 6.03 Å². The molecule has 1 aliphatic rings. The molecule has 6 nitrogen and oxygen atoms in total. The first-order valence-electron chi connectivity index (χ1n) is 6.88. The molecule has 0 radical (unpaired) electrons. The summed E-state index contributed by atoms with van der Waals surface area (Å²) in [7, 11) is 0. The van der Waals surface area contributed by atoms with Crippen LogP contribution in [-0.2, 0) is 4.79 Å². The number of aryl methyl sites for hydroxylation is 1. The fourth-order valence-corrected chi connectivity index (χ4v) is 2.49. The van der Waals surface area contributed by atoms with Gasteiger partial charge in [0.15, 0.2) is 0 Å². The highest BCUT2D eigenvalue weighted by atomic mass is 19.1. The summed E-state index contributed by atoms with van der Waals surface area (Å²) in [5, 5.41) is 6.53. The Hall–Kier alpha value is -2.70. The van der Waals surface area contributed by atoms with Crippen molar-refractivity contribution in [3.8, 4) is 5.69 Å². The number of benzene rings is 1. The van der Waals surface area contributed by atoms with E-state index in [1.165, 1.54) is 10.7 Å². The van der Waals surface area contributed by atoms with E-state index in [1.807, 2.05) is 6.92 Å². The third-order valence-corrected chi connectivity index (χ3v) is 3.68. The average Bonchev–Trinajstić information content (AvgIpc) is 3.04. The summed E-state index contributed by atoms with van der Waals surface area (Å²) in [4.78, 5) is 24.5. The molecule has 0 spiro atoms. The van der Waals surface area contributed by atoms with Crippen molar-refractivity contribution >= 4 is 11.9 Å². The number of halogens is 1. The van der Waals surface area contributed by atoms with Crippen LogP contribution in [0, 0.1) is 12.7 Å². The number of nitrogens with zero attached hydrogens (tertiary/aromatic N) is 3. The highest BCUT2D eigenvalue weighted by Gasteiger charge is 2.33. The first kappa shape index (κ1) is 14.2. The van der Waals surface area contributed by atoms with Gasteiger partial charge in [-0.3, -0.25) is 9.69 Å². The summed E-state index contributed by atoms with van der Waals surface area (Å²) in [6, 6.07) is 3.63. The first-order valence-corrected chi connectivity index (χ1v) is 6.88. The molecule has 1 fully saturated rings. The third-order valence-electron chi connectivity index (χ3n) is 3.68. The second kappa shape index (κ2) is 5.25. The maximum Gasteiger partial charge on any atom is 0.325 e. The van der Waals surface area contributed by atoms with Gasteiger partial charge in [0, 0.05) is 6.20 Å². The molecule has 1 atom stereocenters. The zero-order chi connectivity index (χ0) is 15.9. The number of carbonyl (C=O) groups is 2. The van der Waals surface area contributed by atoms with Gasteiger partial charge in [-0.2, -0.15) is 5.10 Å². The molecule has 1 aromatic heterocycles. The number of hydrogen-bond donors (Lipinski definition) is 1. The molecule has 1 unspecified atom stereocenters. The average molecular weight is 302 g/mol. The van der Waals surface area contributed by atoms with Gasteiger partial charge in [0.05, 0.1) is 18.8 Å². The lowest BCUT2D eigenvalue weighted by Gasteiger charge is -2.22. The van der Waals surface area contributed by atoms with Crippen molar-refractivity contribution in [1.82, 2.24) is 20.0 Å². The summed E-state index contributed by atoms with van der Waals surface area (Å²) in [5.41, 5.74) is 1.80. The fraction of sp³-hybridized carbons (Fsp3) is 0.267. The van der Waals surface area contributed by atoms with Crippen LogP contribution in [0.15, 0.2) is 30.6 Å². The molecule has 1 N–H and O–H groups in total. The molecule has 3 amide bonds. The van der Waals surface area contributed by atoms with E-state index in [-0.39, 0.29) is 12.5 Å². The zero-order valence-corrected chi connectivity index (χ0v) is 12.2. The Bertz CT molecular complexity index is 740. The van der Waals surface area contributed by atoms with Crippen molar-refractivity contribution in [3.63, 3.8) is 0 Å². The molecule has 0 saturated carbocycles. The van der Waals surface area contributed by atoms with Crippen LogP contribution in [0.3, 0.4) is 0 Å². The minimum atomic E-state index is -0.530. The monoisotopic (exact) mass is 302 g/mol. The summed E-state index contributed by atoms with van der Waals surface area (Å²) in [6.07, 6.45) is 3.36. The molecular weight excluding hydrogens is 287 g/mol. The van der Waals surface area contributed by atoms with Crippen LogP contribution in [0.2, 0.25) is 0 Å². The zero-order valence-electron chi connectivity index (χ0n) is 12.2. The largest absolute Gasteiger partial charge is 0.329 e. The number of amides is 3. The molecule has 1 saturated heterocycles. The van der Waals surface area contributed by atoms with E-state index < -0.39 is 17.9 Å². The van der Waals surface area contributed by atoms with Gasteiger partial charge in [-0.15, -0.1) is 0 Å².